The Morgan fingerprint density at radius 2 is 1.86 bits per heavy atom. The molecule has 0 spiro atoms. The Bertz CT molecular complexity index is 691. The Morgan fingerprint density at radius 1 is 1.14 bits per heavy atom. The molecule has 0 fully saturated rings. The van der Waals surface area contributed by atoms with Gasteiger partial charge in [-0.1, -0.05) is 36.4 Å². The number of anilines is 1. The number of carbonyl (C=O) groups is 2. The molecule has 2 aromatic rings. The van der Waals surface area contributed by atoms with Crippen LogP contribution in [0, 0.1) is 0 Å². The molecule has 1 atom stereocenters. The summed E-state index contributed by atoms with van der Waals surface area (Å²) in [4.78, 5) is 23.3. The van der Waals surface area contributed by atoms with E-state index in [9.17, 15) is 9.59 Å². The normalized spacial score (nSPS) is 12.3. The number of allylic oxidation sites excluding steroid dienone is 1. The van der Waals surface area contributed by atoms with Crippen molar-refractivity contribution in [2.75, 3.05) is 5.32 Å². The van der Waals surface area contributed by atoms with Gasteiger partial charge < -0.3 is 10.1 Å². The summed E-state index contributed by atoms with van der Waals surface area (Å²) in [5, 5.41) is 4.88. The Labute approximate surface area is 123 Å². The first-order valence-electron chi connectivity index (χ1n) is 6.73. The third kappa shape index (κ3) is 3.92. The Hall–Kier alpha value is -2.62. The molecule has 0 aliphatic carbocycles. The van der Waals surface area contributed by atoms with Crippen LogP contribution in [0.4, 0.5) is 5.69 Å². The van der Waals surface area contributed by atoms with E-state index in [-0.39, 0.29) is 5.91 Å². The van der Waals surface area contributed by atoms with Gasteiger partial charge in [0.05, 0.1) is 0 Å². The van der Waals surface area contributed by atoms with Crippen LogP contribution in [0.5, 0.6) is 0 Å². The molecule has 0 saturated heterocycles. The monoisotopic (exact) mass is 283 g/mol. The molecule has 0 heterocycles. The highest BCUT2D eigenvalue weighted by molar-refractivity contribution is 5.98. The van der Waals surface area contributed by atoms with Gasteiger partial charge in [0.25, 0.3) is 5.91 Å². The highest BCUT2D eigenvalue weighted by Gasteiger charge is 2.16. The highest BCUT2D eigenvalue weighted by atomic mass is 16.5. The lowest BCUT2D eigenvalue weighted by Gasteiger charge is -2.12. The van der Waals surface area contributed by atoms with Crippen LogP contribution in [0.1, 0.15) is 13.8 Å². The van der Waals surface area contributed by atoms with Crippen LogP contribution in [0.15, 0.2) is 54.6 Å². The van der Waals surface area contributed by atoms with Gasteiger partial charge in [0, 0.05) is 11.8 Å². The highest BCUT2D eigenvalue weighted by Crippen LogP contribution is 2.19. The fourth-order valence-corrected chi connectivity index (χ4v) is 1.91. The molecule has 0 radical (unpaired) electrons. The van der Waals surface area contributed by atoms with Crippen molar-refractivity contribution in [2.45, 2.75) is 20.0 Å². The first-order valence-corrected chi connectivity index (χ1v) is 6.73. The molecule has 0 aliphatic rings. The second kappa shape index (κ2) is 6.70. The van der Waals surface area contributed by atoms with Crippen molar-refractivity contribution in [2.24, 2.45) is 0 Å². The van der Waals surface area contributed by atoms with Gasteiger partial charge in [0.1, 0.15) is 0 Å². The lowest BCUT2D eigenvalue weighted by Crippen LogP contribution is -2.29. The van der Waals surface area contributed by atoms with Crippen LogP contribution in [0.3, 0.4) is 0 Å². The molecule has 108 valence electrons. The van der Waals surface area contributed by atoms with Crippen LogP contribution in [0.2, 0.25) is 0 Å². The SMILES string of the molecule is C/C=C\C(=O)O[C@H](C)C(=O)Nc1ccc2ccccc2c1. The lowest BCUT2D eigenvalue weighted by atomic mass is 10.1. The maximum Gasteiger partial charge on any atom is 0.331 e. The predicted octanol–water partition coefficient (Wildman–Crippen LogP) is 3.29. The maximum absolute atomic E-state index is 12.0. The zero-order valence-electron chi connectivity index (χ0n) is 12.0. The molecule has 4 heteroatoms. The van der Waals surface area contributed by atoms with Gasteiger partial charge in [-0.05, 0) is 36.8 Å². The summed E-state index contributed by atoms with van der Waals surface area (Å²) in [5.74, 6) is -0.887. The van der Waals surface area contributed by atoms with E-state index in [2.05, 4.69) is 5.32 Å². The van der Waals surface area contributed by atoms with Gasteiger partial charge in [-0.25, -0.2) is 4.79 Å². The number of ether oxygens (including phenoxy) is 1. The average Bonchev–Trinajstić information content (AvgIpc) is 2.47. The van der Waals surface area contributed by atoms with Crippen molar-refractivity contribution in [1.29, 1.82) is 0 Å². The second-order valence-electron chi connectivity index (χ2n) is 4.63. The molecule has 0 bridgehead atoms. The molecule has 0 unspecified atom stereocenters. The Kier molecular flexibility index (Phi) is 4.72. The van der Waals surface area contributed by atoms with Crippen molar-refractivity contribution in [3.63, 3.8) is 0 Å². The molecule has 1 amide bonds. The average molecular weight is 283 g/mol. The van der Waals surface area contributed by atoms with Crippen molar-refractivity contribution in [1.82, 2.24) is 0 Å². The smallest absolute Gasteiger partial charge is 0.331 e. The maximum atomic E-state index is 12.0. The van der Waals surface area contributed by atoms with E-state index in [1.54, 1.807) is 13.0 Å². The first kappa shape index (κ1) is 14.8. The molecule has 1 N–H and O–H groups in total. The number of hydrogen-bond acceptors (Lipinski definition) is 3. The summed E-state index contributed by atoms with van der Waals surface area (Å²) in [7, 11) is 0. The molecule has 4 nitrogen and oxygen atoms in total. The van der Waals surface area contributed by atoms with E-state index < -0.39 is 12.1 Å². The lowest BCUT2D eigenvalue weighted by molar-refractivity contribution is -0.148. The van der Waals surface area contributed by atoms with E-state index in [1.165, 1.54) is 13.0 Å². The molecule has 2 aromatic carbocycles. The van der Waals surface area contributed by atoms with Crippen LogP contribution in [0.25, 0.3) is 10.8 Å². The van der Waals surface area contributed by atoms with Gasteiger partial charge in [-0.2, -0.15) is 0 Å². The van der Waals surface area contributed by atoms with Gasteiger partial charge in [-0.15, -0.1) is 0 Å². The van der Waals surface area contributed by atoms with Gasteiger partial charge in [0.15, 0.2) is 6.10 Å². The summed E-state index contributed by atoms with van der Waals surface area (Å²) in [6.45, 7) is 3.25. The number of carbonyl (C=O) groups excluding carboxylic acids is 2. The number of nitrogens with one attached hydrogen (secondary N) is 1. The minimum atomic E-state index is -0.847. The fraction of sp³-hybridized carbons (Fsp3) is 0.176. The second-order valence-corrected chi connectivity index (χ2v) is 4.63. The third-order valence-electron chi connectivity index (χ3n) is 2.98. The number of hydrogen-bond donors (Lipinski definition) is 1. The van der Waals surface area contributed by atoms with E-state index in [0.29, 0.717) is 5.69 Å². The minimum Gasteiger partial charge on any atom is -0.449 e. The van der Waals surface area contributed by atoms with Gasteiger partial charge >= 0.3 is 5.97 Å². The van der Waals surface area contributed by atoms with Crippen LogP contribution in [-0.2, 0) is 14.3 Å². The zero-order chi connectivity index (χ0) is 15.2. The van der Waals surface area contributed by atoms with Crippen LogP contribution < -0.4 is 5.32 Å². The number of benzene rings is 2. The molecule has 0 saturated carbocycles. The first-order chi connectivity index (χ1) is 10.1. The molecule has 0 aromatic heterocycles. The fourth-order valence-electron chi connectivity index (χ4n) is 1.91. The Balaban J connectivity index is 2.05. The van der Waals surface area contributed by atoms with Crippen molar-refractivity contribution in [3.05, 3.63) is 54.6 Å². The van der Waals surface area contributed by atoms with Crippen molar-refractivity contribution >= 4 is 28.3 Å². The number of esters is 1. The molecular formula is C17H17NO3. The number of amides is 1. The summed E-state index contributed by atoms with van der Waals surface area (Å²) in [5.41, 5.74) is 0.674. The van der Waals surface area contributed by atoms with Gasteiger partial charge in [-0.3, -0.25) is 4.79 Å². The summed E-state index contributed by atoms with van der Waals surface area (Å²) in [6, 6.07) is 13.5. The Morgan fingerprint density at radius 3 is 2.57 bits per heavy atom. The number of fused-ring (bicyclic) bond motifs is 1. The molecular weight excluding hydrogens is 266 g/mol. The van der Waals surface area contributed by atoms with E-state index in [4.69, 9.17) is 4.74 Å². The van der Waals surface area contributed by atoms with Crippen LogP contribution >= 0.6 is 0 Å². The van der Waals surface area contributed by atoms with E-state index >= 15 is 0 Å². The predicted molar refractivity (Wildman–Crippen MR) is 82.9 cm³/mol. The summed E-state index contributed by atoms with van der Waals surface area (Å²) < 4.78 is 4.97. The minimum absolute atomic E-state index is 0.358. The van der Waals surface area contributed by atoms with Crippen LogP contribution in [-0.4, -0.2) is 18.0 Å². The largest absolute Gasteiger partial charge is 0.449 e. The topological polar surface area (TPSA) is 55.4 Å². The number of rotatable bonds is 4. The van der Waals surface area contributed by atoms with E-state index in [1.807, 2.05) is 42.5 Å². The molecule has 0 aliphatic heterocycles. The zero-order valence-corrected chi connectivity index (χ0v) is 12.0. The van der Waals surface area contributed by atoms with E-state index in [0.717, 1.165) is 10.8 Å². The molecule has 2 rings (SSSR count). The summed E-state index contributed by atoms with van der Waals surface area (Å²) >= 11 is 0. The third-order valence-corrected chi connectivity index (χ3v) is 2.98. The quantitative estimate of drug-likeness (QED) is 0.692. The van der Waals surface area contributed by atoms with Gasteiger partial charge in [0.2, 0.25) is 0 Å². The van der Waals surface area contributed by atoms with Crippen molar-refractivity contribution in [3.8, 4) is 0 Å². The standard InChI is InChI=1S/C17H17NO3/c1-3-6-16(19)21-12(2)17(20)18-15-10-9-13-7-4-5-8-14(13)11-15/h3-12H,1-2H3,(H,18,20)/b6-3-/t12-/m1/s1. The summed E-state index contributed by atoms with van der Waals surface area (Å²) in [6.07, 6.45) is 2.00. The van der Waals surface area contributed by atoms with Crippen molar-refractivity contribution < 1.29 is 14.3 Å². The molecule has 21 heavy (non-hydrogen) atoms.